The molecule has 4 heteroatoms. The maximum atomic E-state index is 12.2. The monoisotopic (exact) mass is 288 g/mol. The van der Waals surface area contributed by atoms with Crippen molar-refractivity contribution in [1.82, 2.24) is 10.6 Å². The van der Waals surface area contributed by atoms with Gasteiger partial charge in [0, 0.05) is 12.0 Å². The van der Waals surface area contributed by atoms with Crippen molar-refractivity contribution in [3.8, 4) is 0 Å². The number of rotatable bonds is 2. The number of carbonyl (C=O) groups is 1. The average Bonchev–Trinajstić information content (AvgIpc) is 2.33. The summed E-state index contributed by atoms with van der Waals surface area (Å²) in [6, 6.07) is 0.403. The molecule has 0 aromatic heterocycles. The first-order valence-corrected chi connectivity index (χ1v) is 7.49. The van der Waals surface area contributed by atoms with Crippen LogP contribution in [0.15, 0.2) is 0 Å². The molecule has 1 heterocycles. The van der Waals surface area contributed by atoms with Crippen molar-refractivity contribution in [2.45, 2.75) is 58.9 Å². The smallest absolute Gasteiger partial charge is 0.223 e. The Morgan fingerprint density at radius 1 is 1.21 bits per heavy atom. The van der Waals surface area contributed by atoms with E-state index in [1.807, 2.05) is 0 Å². The second-order valence-electron chi connectivity index (χ2n) is 7.02. The summed E-state index contributed by atoms with van der Waals surface area (Å²) in [6.07, 6.45) is 5.60. The second kappa shape index (κ2) is 6.94. The van der Waals surface area contributed by atoms with Gasteiger partial charge in [-0.3, -0.25) is 4.79 Å². The molecule has 2 atom stereocenters. The van der Waals surface area contributed by atoms with Gasteiger partial charge < -0.3 is 10.6 Å². The van der Waals surface area contributed by atoms with Gasteiger partial charge in [-0.1, -0.05) is 20.8 Å². The molecule has 0 aromatic rings. The van der Waals surface area contributed by atoms with Crippen LogP contribution in [-0.4, -0.2) is 25.0 Å². The minimum absolute atomic E-state index is 0. The predicted molar refractivity (Wildman–Crippen MR) is 81.6 cm³/mol. The molecule has 0 bridgehead atoms. The minimum atomic E-state index is 0. The first kappa shape index (κ1) is 16.8. The van der Waals surface area contributed by atoms with Crippen molar-refractivity contribution in [3.05, 3.63) is 0 Å². The van der Waals surface area contributed by atoms with Gasteiger partial charge in [0.05, 0.1) is 0 Å². The molecule has 1 amide bonds. The molecule has 1 saturated heterocycles. The van der Waals surface area contributed by atoms with Gasteiger partial charge in [-0.25, -0.2) is 0 Å². The molecule has 2 N–H and O–H groups in total. The van der Waals surface area contributed by atoms with Crippen LogP contribution in [0.5, 0.6) is 0 Å². The summed E-state index contributed by atoms with van der Waals surface area (Å²) in [5, 5.41) is 6.62. The Morgan fingerprint density at radius 3 is 2.42 bits per heavy atom. The van der Waals surface area contributed by atoms with Gasteiger partial charge in [0.15, 0.2) is 0 Å². The van der Waals surface area contributed by atoms with E-state index in [-0.39, 0.29) is 18.3 Å². The van der Waals surface area contributed by atoms with Gasteiger partial charge in [-0.15, -0.1) is 12.4 Å². The highest BCUT2D eigenvalue weighted by molar-refractivity contribution is 5.85. The van der Waals surface area contributed by atoms with E-state index in [2.05, 4.69) is 31.4 Å². The van der Waals surface area contributed by atoms with E-state index in [0.717, 1.165) is 32.4 Å². The van der Waals surface area contributed by atoms with Crippen molar-refractivity contribution in [3.63, 3.8) is 0 Å². The quantitative estimate of drug-likeness (QED) is 0.820. The lowest BCUT2D eigenvalue weighted by Crippen LogP contribution is -2.48. The standard InChI is InChI=1S/C15H28N2O.ClH/c1-11-10-15(2,3)7-4-13(11)17-14(18)12-5-8-16-9-6-12;/h11-13,16H,4-10H2,1-3H3,(H,17,18);1H. The van der Waals surface area contributed by atoms with Crippen LogP contribution < -0.4 is 10.6 Å². The largest absolute Gasteiger partial charge is 0.353 e. The molecular weight excluding hydrogens is 260 g/mol. The molecule has 2 fully saturated rings. The summed E-state index contributed by atoms with van der Waals surface area (Å²) in [7, 11) is 0. The zero-order valence-electron chi connectivity index (χ0n) is 12.5. The van der Waals surface area contributed by atoms with E-state index < -0.39 is 0 Å². The van der Waals surface area contributed by atoms with Crippen LogP contribution in [0.1, 0.15) is 52.9 Å². The van der Waals surface area contributed by atoms with Crippen LogP contribution in [0, 0.1) is 17.3 Å². The lowest BCUT2D eigenvalue weighted by molar-refractivity contribution is -0.127. The topological polar surface area (TPSA) is 41.1 Å². The maximum absolute atomic E-state index is 12.2. The van der Waals surface area contributed by atoms with E-state index in [9.17, 15) is 4.79 Å². The number of piperidine rings is 1. The third-order valence-corrected chi connectivity index (χ3v) is 4.73. The third-order valence-electron chi connectivity index (χ3n) is 4.73. The average molecular weight is 289 g/mol. The van der Waals surface area contributed by atoms with Crippen molar-refractivity contribution >= 4 is 18.3 Å². The number of halogens is 1. The fraction of sp³-hybridized carbons (Fsp3) is 0.933. The highest BCUT2D eigenvalue weighted by atomic mass is 35.5. The molecule has 2 rings (SSSR count). The summed E-state index contributed by atoms with van der Waals surface area (Å²) in [4.78, 5) is 12.2. The number of amides is 1. The first-order chi connectivity index (χ1) is 8.48. The maximum Gasteiger partial charge on any atom is 0.223 e. The zero-order valence-corrected chi connectivity index (χ0v) is 13.3. The molecule has 1 saturated carbocycles. The number of nitrogens with one attached hydrogen (secondary N) is 2. The summed E-state index contributed by atoms with van der Waals surface area (Å²) < 4.78 is 0. The van der Waals surface area contributed by atoms with Gasteiger partial charge in [-0.2, -0.15) is 0 Å². The molecule has 0 aromatic carbocycles. The van der Waals surface area contributed by atoms with Gasteiger partial charge in [0.1, 0.15) is 0 Å². The van der Waals surface area contributed by atoms with Gasteiger partial charge in [0.2, 0.25) is 5.91 Å². The van der Waals surface area contributed by atoms with Crippen molar-refractivity contribution in [1.29, 1.82) is 0 Å². The Hall–Kier alpha value is -0.280. The molecule has 19 heavy (non-hydrogen) atoms. The molecule has 3 nitrogen and oxygen atoms in total. The number of hydrogen-bond donors (Lipinski definition) is 2. The van der Waals surface area contributed by atoms with Crippen LogP contribution in [0.25, 0.3) is 0 Å². The normalized spacial score (nSPS) is 31.3. The lowest BCUT2D eigenvalue weighted by atomic mass is 9.70. The predicted octanol–water partition coefficient (Wildman–Crippen LogP) is 2.74. The van der Waals surface area contributed by atoms with E-state index in [0.29, 0.717) is 23.3 Å². The summed E-state index contributed by atoms with van der Waals surface area (Å²) in [5.74, 6) is 1.15. The molecule has 2 aliphatic rings. The van der Waals surface area contributed by atoms with E-state index in [4.69, 9.17) is 0 Å². The van der Waals surface area contributed by atoms with Gasteiger partial charge in [-0.05, 0) is 56.5 Å². The Balaban J connectivity index is 0.00000180. The Bertz CT molecular complexity index is 301. The fourth-order valence-corrected chi connectivity index (χ4v) is 3.55. The van der Waals surface area contributed by atoms with Gasteiger partial charge in [0.25, 0.3) is 0 Å². The number of carbonyl (C=O) groups excluding carboxylic acids is 1. The van der Waals surface area contributed by atoms with Crippen molar-refractivity contribution in [2.75, 3.05) is 13.1 Å². The lowest BCUT2D eigenvalue weighted by Gasteiger charge is -2.40. The van der Waals surface area contributed by atoms with Crippen LogP contribution in [0.3, 0.4) is 0 Å². The van der Waals surface area contributed by atoms with Crippen LogP contribution in [0.4, 0.5) is 0 Å². The summed E-state index contributed by atoms with van der Waals surface area (Å²) >= 11 is 0. The van der Waals surface area contributed by atoms with Crippen LogP contribution in [0.2, 0.25) is 0 Å². The van der Waals surface area contributed by atoms with Crippen molar-refractivity contribution < 1.29 is 4.79 Å². The summed E-state index contributed by atoms with van der Waals surface area (Å²) in [5.41, 5.74) is 0.454. The third kappa shape index (κ3) is 4.64. The van der Waals surface area contributed by atoms with Crippen molar-refractivity contribution in [2.24, 2.45) is 17.3 Å². The SMILES string of the molecule is CC1CC(C)(C)CCC1NC(=O)C1CCNCC1.Cl. The summed E-state index contributed by atoms with van der Waals surface area (Å²) in [6.45, 7) is 8.95. The second-order valence-corrected chi connectivity index (χ2v) is 7.02. The molecule has 0 spiro atoms. The highest BCUT2D eigenvalue weighted by Gasteiger charge is 2.34. The van der Waals surface area contributed by atoms with E-state index in [1.165, 1.54) is 12.8 Å². The molecule has 112 valence electrons. The van der Waals surface area contributed by atoms with E-state index >= 15 is 0 Å². The van der Waals surface area contributed by atoms with Crippen LogP contribution >= 0.6 is 12.4 Å². The highest BCUT2D eigenvalue weighted by Crippen LogP contribution is 2.38. The number of hydrogen-bond acceptors (Lipinski definition) is 2. The molecule has 1 aliphatic heterocycles. The van der Waals surface area contributed by atoms with E-state index in [1.54, 1.807) is 0 Å². The molecule has 0 radical (unpaired) electrons. The Morgan fingerprint density at radius 2 is 1.84 bits per heavy atom. The molecule has 2 unspecified atom stereocenters. The Labute approximate surface area is 123 Å². The molecular formula is C15H29ClN2O. The fourth-order valence-electron chi connectivity index (χ4n) is 3.55. The van der Waals surface area contributed by atoms with Gasteiger partial charge >= 0.3 is 0 Å². The Kier molecular flexibility index (Phi) is 6.13. The first-order valence-electron chi connectivity index (χ1n) is 7.49. The zero-order chi connectivity index (χ0) is 13.2. The molecule has 1 aliphatic carbocycles. The van der Waals surface area contributed by atoms with Crippen LogP contribution in [-0.2, 0) is 4.79 Å². The minimum Gasteiger partial charge on any atom is -0.353 e.